The maximum atomic E-state index is 11.5. The Morgan fingerprint density at radius 2 is 1.94 bits per heavy atom. The fourth-order valence-electron chi connectivity index (χ4n) is 1.06. The van der Waals surface area contributed by atoms with Crippen LogP contribution in [-0.2, 0) is 14.3 Å². The first-order chi connectivity index (χ1) is 7.88. The van der Waals surface area contributed by atoms with Gasteiger partial charge in [-0.15, -0.1) is 0 Å². The molecule has 0 aromatic heterocycles. The zero-order chi connectivity index (χ0) is 12.9. The van der Waals surface area contributed by atoms with Crippen LogP contribution in [0.5, 0.6) is 0 Å². The lowest BCUT2D eigenvalue weighted by molar-refractivity contribution is 0.0947. The lowest BCUT2D eigenvalue weighted by Crippen LogP contribution is -2.27. The van der Waals surface area contributed by atoms with Crippen molar-refractivity contribution in [3.8, 4) is 0 Å². The molecule has 0 aliphatic rings. The number of carbonyl (C=O) groups is 1. The molecule has 1 aromatic rings. The Bertz CT molecular complexity index is 484. The maximum absolute atomic E-state index is 11.5. The van der Waals surface area contributed by atoms with Crippen LogP contribution >= 0.6 is 11.6 Å². The Morgan fingerprint density at radius 1 is 1.35 bits per heavy atom. The van der Waals surface area contributed by atoms with E-state index < -0.39 is 10.1 Å². The smallest absolute Gasteiger partial charge is 0.264 e. The highest BCUT2D eigenvalue weighted by molar-refractivity contribution is 7.85. The molecule has 1 aromatic carbocycles. The summed E-state index contributed by atoms with van der Waals surface area (Å²) >= 11 is 5.67. The molecule has 94 valence electrons. The SMILES string of the molecule is CS(=O)(=O)OCCNC(=O)c1ccc(Cl)cc1. The molecule has 0 saturated carbocycles. The Balaban J connectivity index is 2.38. The molecule has 0 unspecified atom stereocenters. The molecular weight excluding hydrogens is 266 g/mol. The maximum Gasteiger partial charge on any atom is 0.264 e. The average molecular weight is 278 g/mol. The fourth-order valence-corrected chi connectivity index (χ4v) is 1.57. The van der Waals surface area contributed by atoms with Gasteiger partial charge < -0.3 is 5.32 Å². The van der Waals surface area contributed by atoms with E-state index in [0.717, 1.165) is 6.26 Å². The van der Waals surface area contributed by atoms with Crippen molar-refractivity contribution in [3.05, 3.63) is 34.9 Å². The summed E-state index contributed by atoms with van der Waals surface area (Å²) in [5, 5.41) is 3.06. The van der Waals surface area contributed by atoms with Crippen molar-refractivity contribution in [2.24, 2.45) is 0 Å². The van der Waals surface area contributed by atoms with Crippen molar-refractivity contribution < 1.29 is 17.4 Å². The third-order valence-electron chi connectivity index (χ3n) is 1.79. The predicted octanol–water partition coefficient (Wildman–Crippen LogP) is 1.05. The zero-order valence-corrected chi connectivity index (χ0v) is 10.7. The number of benzene rings is 1. The minimum absolute atomic E-state index is 0.0852. The number of amides is 1. The van der Waals surface area contributed by atoms with Gasteiger partial charge in [0.15, 0.2) is 0 Å². The number of carbonyl (C=O) groups excluding carboxylic acids is 1. The molecule has 17 heavy (non-hydrogen) atoms. The summed E-state index contributed by atoms with van der Waals surface area (Å²) in [6.45, 7) is 0.0344. The van der Waals surface area contributed by atoms with Crippen molar-refractivity contribution in [1.29, 1.82) is 0 Å². The van der Waals surface area contributed by atoms with Gasteiger partial charge in [-0.3, -0.25) is 8.98 Å². The Labute approximate surface area is 105 Å². The quantitative estimate of drug-likeness (QED) is 0.645. The van der Waals surface area contributed by atoms with Gasteiger partial charge in [-0.05, 0) is 24.3 Å². The zero-order valence-electron chi connectivity index (χ0n) is 9.14. The number of rotatable bonds is 5. The van der Waals surface area contributed by atoms with E-state index in [-0.39, 0.29) is 19.1 Å². The summed E-state index contributed by atoms with van der Waals surface area (Å²) in [4.78, 5) is 11.5. The Kier molecular flexibility index (Phi) is 4.92. The van der Waals surface area contributed by atoms with Crippen molar-refractivity contribution in [1.82, 2.24) is 5.32 Å². The molecule has 0 aliphatic heterocycles. The second-order valence-electron chi connectivity index (χ2n) is 3.29. The van der Waals surface area contributed by atoms with Gasteiger partial charge in [-0.2, -0.15) is 8.42 Å². The molecule has 0 radical (unpaired) electrons. The van der Waals surface area contributed by atoms with Crippen molar-refractivity contribution in [2.75, 3.05) is 19.4 Å². The third-order valence-corrected chi connectivity index (χ3v) is 2.64. The molecule has 0 aliphatic carbocycles. The summed E-state index contributed by atoms with van der Waals surface area (Å²) < 4.78 is 25.7. The van der Waals surface area contributed by atoms with Crippen molar-refractivity contribution in [3.63, 3.8) is 0 Å². The molecule has 1 amide bonds. The summed E-state index contributed by atoms with van der Waals surface area (Å²) in [5.74, 6) is -0.307. The van der Waals surface area contributed by atoms with Crippen molar-refractivity contribution >= 4 is 27.6 Å². The minimum Gasteiger partial charge on any atom is -0.350 e. The molecule has 0 bridgehead atoms. The number of hydrogen-bond acceptors (Lipinski definition) is 4. The molecule has 0 heterocycles. The molecule has 7 heteroatoms. The molecular formula is C10H12ClNO4S. The molecule has 0 saturated heterocycles. The Hall–Kier alpha value is -1.11. The van der Waals surface area contributed by atoms with Crippen LogP contribution < -0.4 is 5.32 Å². The van der Waals surface area contributed by atoms with E-state index in [4.69, 9.17) is 11.6 Å². The van der Waals surface area contributed by atoms with E-state index in [0.29, 0.717) is 10.6 Å². The third kappa shape index (κ3) is 5.67. The van der Waals surface area contributed by atoms with Crippen LogP contribution in [0.2, 0.25) is 5.02 Å². The van der Waals surface area contributed by atoms with Crippen LogP contribution in [0, 0.1) is 0 Å². The summed E-state index contributed by atoms with van der Waals surface area (Å²) in [7, 11) is -3.46. The van der Waals surface area contributed by atoms with E-state index in [9.17, 15) is 13.2 Å². The summed E-state index contributed by atoms with van der Waals surface area (Å²) in [6, 6.07) is 6.36. The molecule has 5 nitrogen and oxygen atoms in total. The fraction of sp³-hybridized carbons (Fsp3) is 0.300. The van der Waals surface area contributed by atoms with Gasteiger partial charge in [-0.25, -0.2) is 0 Å². The first-order valence-electron chi connectivity index (χ1n) is 4.76. The first-order valence-corrected chi connectivity index (χ1v) is 6.96. The lowest BCUT2D eigenvalue weighted by atomic mass is 10.2. The van der Waals surface area contributed by atoms with Gasteiger partial charge >= 0.3 is 0 Å². The van der Waals surface area contributed by atoms with Gasteiger partial charge in [-0.1, -0.05) is 11.6 Å². The average Bonchev–Trinajstić information content (AvgIpc) is 2.24. The molecule has 1 N–H and O–H groups in total. The standard InChI is InChI=1S/C10H12ClNO4S/c1-17(14,15)16-7-6-12-10(13)8-2-4-9(11)5-3-8/h2-5H,6-7H2,1H3,(H,12,13). The molecule has 0 fully saturated rings. The van der Waals surface area contributed by atoms with Crippen LogP contribution in [0.3, 0.4) is 0 Å². The van der Waals surface area contributed by atoms with Crippen LogP contribution in [0.1, 0.15) is 10.4 Å². The first kappa shape index (κ1) is 14.0. The topological polar surface area (TPSA) is 72.5 Å². The van der Waals surface area contributed by atoms with E-state index in [1.165, 1.54) is 0 Å². The van der Waals surface area contributed by atoms with Gasteiger partial charge in [0.25, 0.3) is 16.0 Å². The van der Waals surface area contributed by atoms with E-state index in [1.54, 1.807) is 24.3 Å². The van der Waals surface area contributed by atoms with E-state index >= 15 is 0 Å². The number of nitrogens with one attached hydrogen (secondary N) is 1. The van der Waals surface area contributed by atoms with Crippen LogP contribution in [0.25, 0.3) is 0 Å². The molecule has 1 rings (SSSR count). The highest BCUT2D eigenvalue weighted by Crippen LogP contribution is 2.09. The normalized spacial score (nSPS) is 11.2. The lowest BCUT2D eigenvalue weighted by Gasteiger charge is -2.05. The summed E-state index contributed by atoms with van der Waals surface area (Å²) in [5.41, 5.74) is 0.453. The highest BCUT2D eigenvalue weighted by Gasteiger charge is 2.05. The van der Waals surface area contributed by atoms with E-state index in [1.807, 2.05) is 0 Å². The monoisotopic (exact) mass is 277 g/mol. The van der Waals surface area contributed by atoms with Gasteiger partial charge in [0, 0.05) is 17.1 Å². The Morgan fingerprint density at radius 3 is 2.47 bits per heavy atom. The number of halogens is 1. The van der Waals surface area contributed by atoms with Crippen molar-refractivity contribution in [2.45, 2.75) is 0 Å². The molecule has 0 spiro atoms. The predicted molar refractivity (Wildman–Crippen MR) is 64.6 cm³/mol. The van der Waals surface area contributed by atoms with Crippen LogP contribution in [0.15, 0.2) is 24.3 Å². The van der Waals surface area contributed by atoms with E-state index in [2.05, 4.69) is 9.50 Å². The minimum atomic E-state index is -3.46. The second-order valence-corrected chi connectivity index (χ2v) is 5.37. The second kappa shape index (κ2) is 6.00. The van der Waals surface area contributed by atoms with Gasteiger partial charge in [0.2, 0.25) is 0 Å². The van der Waals surface area contributed by atoms with Gasteiger partial charge in [0.1, 0.15) is 0 Å². The van der Waals surface area contributed by atoms with Crippen LogP contribution in [-0.4, -0.2) is 33.7 Å². The summed E-state index contributed by atoms with van der Waals surface area (Å²) in [6.07, 6.45) is 0.952. The van der Waals surface area contributed by atoms with Crippen LogP contribution in [0.4, 0.5) is 0 Å². The molecule has 0 atom stereocenters. The highest BCUT2D eigenvalue weighted by atomic mass is 35.5. The van der Waals surface area contributed by atoms with Gasteiger partial charge in [0.05, 0.1) is 12.9 Å². The number of hydrogen-bond donors (Lipinski definition) is 1. The largest absolute Gasteiger partial charge is 0.350 e.